The van der Waals surface area contributed by atoms with Gasteiger partial charge in [0.05, 0.1) is 5.92 Å². The Morgan fingerprint density at radius 3 is 3.00 bits per heavy atom. The average molecular weight is 350 g/mol. The molecular formula is C21H26N4O. The summed E-state index contributed by atoms with van der Waals surface area (Å²) in [6.45, 7) is 5.41. The van der Waals surface area contributed by atoms with Crippen LogP contribution in [-0.2, 0) is 17.8 Å². The van der Waals surface area contributed by atoms with Crippen LogP contribution in [0, 0.1) is 0 Å². The summed E-state index contributed by atoms with van der Waals surface area (Å²) in [6, 6.07) is 10.0. The van der Waals surface area contributed by atoms with Crippen LogP contribution in [0.15, 0.2) is 36.5 Å². The summed E-state index contributed by atoms with van der Waals surface area (Å²) in [4.78, 5) is 24.5. The summed E-state index contributed by atoms with van der Waals surface area (Å²) in [6.07, 6.45) is 5.00. The number of piperidine rings is 1. The molecule has 2 atom stereocenters. The van der Waals surface area contributed by atoms with Crippen molar-refractivity contribution >= 4 is 5.91 Å². The third-order valence-corrected chi connectivity index (χ3v) is 5.60. The fourth-order valence-electron chi connectivity index (χ4n) is 3.99. The first-order valence-corrected chi connectivity index (χ1v) is 9.61. The summed E-state index contributed by atoms with van der Waals surface area (Å²) >= 11 is 0. The molecule has 26 heavy (non-hydrogen) atoms. The Hall–Kier alpha value is -2.27. The van der Waals surface area contributed by atoms with E-state index in [0.29, 0.717) is 0 Å². The van der Waals surface area contributed by atoms with Gasteiger partial charge in [-0.25, -0.2) is 9.97 Å². The van der Waals surface area contributed by atoms with Gasteiger partial charge in [0, 0.05) is 56.0 Å². The number of likely N-dealkylation sites (tertiary alicyclic amines) is 1. The number of benzene rings is 1. The van der Waals surface area contributed by atoms with Crippen LogP contribution in [0.2, 0.25) is 0 Å². The molecule has 0 radical (unpaired) electrons. The minimum Gasteiger partial charge on any atom is -0.341 e. The number of hydrogen-bond acceptors (Lipinski definition) is 4. The molecule has 2 aliphatic rings. The van der Waals surface area contributed by atoms with Gasteiger partial charge in [0.25, 0.3) is 0 Å². The molecular weight excluding hydrogens is 324 g/mol. The monoisotopic (exact) mass is 350 g/mol. The normalized spacial score (nSPS) is 21.1. The van der Waals surface area contributed by atoms with Gasteiger partial charge in [-0.2, -0.15) is 0 Å². The molecule has 5 nitrogen and oxygen atoms in total. The molecule has 0 unspecified atom stereocenters. The SMILES string of the molecule is C[C@H](C(=O)N1CCC[C@H](c2ncc3c(n2)CCNC3)C1)c1ccccc1. The van der Waals surface area contributed by atoms with E-state index < -0.39 is 0 Å². The Morgan fingerprint density at radius 2 is 2.15 bits per heavy atom. The summed E-state index contributed by atoms with van der Waals surface area (Å²) in [5.74, 6) is 1.26. The lowest BCUT2D eigenvalue weighted by molar-refractivity contribution is -0.133. The van der Waals surface area contributed by atoms with Gasteiger partial charge in [0.15, 0.2) is 0 Å². The van der Waals surface area contributed by atoms with Gasteiger partial charge in [-0.3, -0.25) is 4.79 Å². The van der Waals surface area contributed by atoms with Crippen molar-refractivity contribution in [2.24, 2.45) is 0 Å². The number of aromatic nitrogens is 2. The Morgan fingerprint density at radius 1 is 1.31 bits per heavy atom. The Kier molecular flexibility index (Phi) is 4.98. The van der Waals surface area contributed by atoms with Crippen molar-refractivity contribution in [3.05, 3.63) is 59.2 Å². The molecule has 136 valence electrons. The Labute approximate surface area is 154 Å². The van der Waals surface area contributed by atoms with Gasteiger partial charge in [-0.15, -0.1) is 0 Å². The maximum absolute atomic E-state index is 13.0. The predicted molar refractivity (Wildman–Crippen MR) is 101 cm³/mol. The van der Waals surface area contributed by atoms with Crippen molar-refractivity contribution in [3.8, 4) is 0 Å². The highest BCUT2D eigenvalue weighted by Crippen LogP contribution is 2.28. The van der Waals surface area contributed by atoms with Gasteiger partial charge in [0.2, 0.25) is 5.91 Å². The smallest absolute Gasteiger partial charge is 0.229 e. The maximum atomic E-state index is 13.0. The summed E-state index contributed by atoms with van der Waals surface area (Å²) < 4.78 is 0. The third kappa shape index (κ3) is 3.49. The molecule has 1 saturated heterocycles. The number of fused-ring (bicyclic) bond motifs is 1. The lowest BCUT2D eigenvalue weighted by atomic mass is 9.93. The third-order valence-electron chi connectivity index (χ3n) is 5.60. The molecule has 1 aromatic carbocycles. The van der Waals surface area contributed by atoms with Crippen molar-refractivity contribution in [2.45, 2.75) is 44.6 Å². The molecule has 5 heteroatoms. The Balaban J connectivity index is 1.48. The lowest BCUT2D eigenvalue weighted by Gasteiger charge is -2.34. The van der Waals surface area contributed by atoms with Crippen LogP contribution < -0.4 is 5.32 Å². The first-order chi connectivity index (χ1) is 12.7. The van der Waals surface area contributed by atoms with Crippen LogP contribution in [-0.4, -0.2) is 40.4 Å². The van der Waals surface area contributed by atoms with Crippen LogP contribution in [0.25, 0.3) is 0 Å². The lowest BCUT2D eigenvalue weighted by Crippen LogP contribution is -2.41. The number of amides is 1. The molecule has 0 bridgehead atoms. The zero-order valence-corrected chi connectivity index (χ0v) is 15.3. The van der Waals surface area contributed by atoms with Crippen LogP contribution in [0.1, 0.15) is 54.2 Å². The van der Waals surface area contributed by atoms with Crippen LogP contribution in [0.3, 0.4) is 0 Å². The van der Waals surface area contributed by atoms with Gasteiger partial charge in [-0.1, -0.05) is 30.3 Å². The summed E-state index contributed by atoms with van der Waals surface area (Å²) in [5.41, 5.74) is 3.47. The second kappa shape index (κ2) is 7.54. The van der Waals surface area contributed by atoms with Crippen molar-refractivity contribution in [2.75, 3.05) is 19.6 Å². The van der Waals surface area contributed by atoms with Crippen LogP contribution in [0.4, 0.5) is 0 Å². The van der Waals surface area contributed by atoms with Crippen molar-refractivity contribution < 1.29 is 4.79 Å². The van der Waals surface area contributed by atoms with Crippen molar-refractivity contribution in [1.82, 2.24) is 20.2 Å². The molecule has 2 aromatic rings. The highest BCUT2D eigenvalue weighted by molar-refractivity contribution is 5.83. The first kappa shape index (κ1) is 17.2. The van der Waals surface area contributed by atoms with E-state index in [1.165, 1.54) is 11.3 Å². The van der Waals surface area contributed by atoms with E-state index in [1.54, 1.807) is 0 Å². The van der Waals surface area contributed by atoms with Gasteiger partial charge in [-0.05, 0) is 25.3 Å². The number of hydrogen-bond donors (Lipinski definition) is 1. The van der Waals surface area contributed by atoms with E-state index in [2.05, 4.69) is 10.3 Å². The fourth-order valence-corrected chi connectivity index (χ4v) is 3.99. The summed E-state index contributed by atoms with van der Waals surface area (Å²) in [5, 5.41) is 3.36. The average Bonchev–Trinajstić information content (AvgIpc) is 2.73. The highest BCUT2D eigenvalue weighted by atomic mass is 16.2. The minimum atomic E-state index is -0.106. The molecule has 1 fully saturated rings. The largest absolute Gasteiger partial charge is 0.341 e. The van der Waals surface area contributed by atoms with E-state index in [-0.39, 0.29) is 17.7 Å². The second-order valence-electron chi connectivity index (χ2n) is 7.38. The van der Waals surface area contributed by atoms with E-state index >= 15 is 0 Å². The zero-order chi connectivity index (χ0) is 17.9. The van der Waals surface area contributed by atoms with Crippen molar-refractivity contribution in [3.63, 3.8) is 0 Å². The fraction of sp³-hybridized carbons (Fsp3) is 0.476. The quantitative estimate of drug-likeness (QED) is 0.924. The zero-order valence-electron chi connectivity index (χ0n) is 15.3. The molecule has 1 aromatic heterocycles. The number of carbonyl (C=O) groups is 1. The number of nitrogens with zero attached hydrogens (tertiary/aromatic N) is 3. The van der Waals surface area contributed by atoms with Gasteiger partial charge < -0.3 is 10.2 Å². The number of carbonyl (C=O) groups excluding carboxylic acids is 1. The molecule has 3 heterocycles. The predicted octanol–water partition coefficient (Wildman–Crippen LogP) is 2.63. The van der Waals surface area contributed by atoms with Gasteiger partial charge in [0.1, 0.15) is 5.82 Å². The highest BCUT2D eigenvalue weighted by Gasteiger charge is 2.30. The molecule has 0 aliphatic carbocycles. The first-order valence-electron chi connectivity index (χ1n) is 9.61. The van der Waals surface area contributed by atoms with E-state index in [4.69, 9.17) is 4.98 Å². The van der Waals surface area contributed by atoms with E-state index in [0.717, 1.165) is 56.8 Å². The van der Waals surface area contributed by atoms with E-state index in [1.807, 2.05) is 48.4 Å². The number of rotatable bonds is 3. The summed E-state index contributed by atoms with van der Waals surface area (Å²) in [7, 11) is 0. The van der Waals surface area contributed by atoms with Crippen molar-refractivity contribution in [1.29, 1.82) is 0 Å². The number of nitrogens with one attached hydrogen (secondary N) is 1. The molecule has 0 spiro atoms. The minimum absolute atomic E-state index is 0.106. The molecule has 4 rings (SSSR count). The van der Waals surface area contributed by atoms with E-state index in [9.17, 15) is 4.79 Å². The molecule has 1 N–H and O–H groups in total. The standard InChI is InChI=1S/C21H26N4O/c1-15(16-6-3-2-4-7-16)21(26)25-11-5-8-17(14-25)20-23-13-18-12-22-10-9-19(18)24-20/h2-4,6-7,13,15,17,22H,5,8-12,14H2,1H3/t15-,17-/m0/s1. The molecule has 1 amide bonds. The Bertz CT molecular complexity index is 777. The second-order valence-corrected chi connectivity index (χ2v) is 7.38. The van der Waals surface area contributed by atoms with Crippen LogP contribution in [0.5, 0.6) is 0 Å². The van der Waals surface area contributed by atoms with Gasteiger partial charge >= 0.3 is 0 Å². The molecule has 2 aliphatic heterocycles. The topological polar surface area (TPSA) is 58.1 Å². The molecule has 0 saturated carbocycles. The maximum Gasteiger partial charge on any atom is 0.229 e. The van der Waals surface area contributed by atoms with Crippen LogP contribution >= 0.6 is 0 Å².